The predicted molar refractivity (Wildman–Crippen MR) is 147 cm³/mol. The molecule has 1 heterocycles. The van der Waals surface area contributed by atoms with Gasteiger partial charge in [0, 0.05) is 17.1 Å². The number of methoxy groups -OCH3 is 1. The third-order valence-corrected chi connectivity index (χ3v) is 7.06. The van der Waals surface area contributed by atoms with Crippen molar-refractivity contribution in [3.05, 3.63) is 92.3 Å². The minimum absolute atomic E-state index is 0.119. The second-order valence-electron chi connectivity index (χ2n) is 7.82. The number of benzene rings is 3. The van der Waals surface area contributed by atoms with Gasteiger partial charge in [0.05, 0.1) is 28.3 Å². The SMILES string of the molecule is CCN1C(=O)/C(=C/c2cc(Cl)c(OCc3ccccc3Cl)c(OC)c2)SC1=Nc1cccc(C(=O)O)c1. The summed E-state index contributed by atoms with van der Waals surface area (Å²) in [6.07, 6.45) is 1.71. The van der Waals surface area contributed by atoms with E-state index in [9.17, 15) is 14.7 Å². The fourth-order valence-electron chi connectivity index (χ4n) is 3.57. The largest absolute Gasteiger partial charge is 0.493 e. The van der Waals surface area contributed by atoms with Crippen LogP contribution < -0.4 is 9.47 Å². The molecule has 3 aromatic carbocycles. The van der Waals surface area contributed by atoms with E-state index in [0.29, 0.717) is 49.4 Å². The molecule has 3 aromatic rings. The zero-order chi connectivity index (χ0) is 26.5. The van der Waals surface area contributed by atoms with Crippen LogP contribution in [0.4, 0.5) is 5.69 Å². The van der Waals surface area contributed by atoms with Crippen molar-refractivity contribution in [1.29, 1.82) is 0 Å². The van der Waals surface area contributed by atoms with E-state index in [4.69, 9.17) is 32.7 Å². The lowest BCUT2D eigenvalue weighted by Gasteiger charge is -2.14. The highest BCUT2D eigenvalue weighted by Gasteiger charge is 2.32. The van der Waals surface area contributed by atoms with Gasteiger partial charge < -0.3 is 14.6 Å². The fraction of sp³-hybridized carbons (Fsp3) is 0.148. The number of hydrogen-bond acceptors (Lipinski definition) is 6. The molecular formula is C27H22Cl2N2O5S. The van der Waals surface area contributed by atoms with Crippen LogP contribution >= 0.6 is 35.0 Å². The summed E-state index contributed by atoms with van der Waals surface area (Å²) in [5, 5.41) is 10.6. The van der Waals surface area contributed by atoms with Crippen molar-refractivity contribution in [2.45, 2.75) is 13.5 Å². The van der Waals surface area contributed by atoms with Gasteiger partial charge in [-0.05, 0) is 66.7 Å². The third-order valence-electron chi connectivity index (χ3n) is 5.40. The Bertz CT molecular complexity index is 1420. The number of thioether (sulfide) groups is 1. The van der Waals surface area contributed by atoms with Gasteiger partial charge in [-0.3, -0.25) is 9.69 Å². The van der Waals surface area contributed by atoms with Gasteiger partial charge in [0.1, 0.15) is 6.61 Å². The van der Waals surface area contributed by atoms with Crippen molar-refractivity contribution >= 4 is 63.8 Å². The van der Waals surface area contributed by atoms with Gasteiger partial charge in [0.15, 0.2) is 16.7 Å². The number of nitrogens with zero attached hydrogens (tertiary/aromatic N) is 2. The molecule has 0 radical (unpaired) electrons. The van der Waals surface area contributed by atoms with Crippen LogP contribution in [0, 0.1) is 0 Å². The van der Waals surface area contributed by atoms with Gasteiger partial charge >= 0.3 is 5.97 Å². The lowest BCUT2D eigenvalue weighted by atomic mass is 10.1. The van der Waals surface area contributed by atoms with Crippen LogP contribution in [0.3, 0.4) is 0 Å². The highest BCUT2D eigenvalue weighted by atomic mass is 35.5. The lowest BCUT2D eigenvalue weighted by molar-refractivity contribution is -0.122. The van der Waals surface area contributed by atoms with Crippen molar-refractivity contribution in [2.24, 2.45) is 4.99 Å². The van der Waals surface area contributed by atoms with Crippen molar-refractivity contribution in [2.75, 3.05) is 13.7 Å². The Morgan fingerprint density at radius 2 is 1.89 bits per heavy atom. The molecule has 10 heteroatoms. The summed E-state index contributed by atoms with van der Waals surface area (Å²) in [4.78, 5) is 30.9. The highest BCUT2D eigenvalue weighted by Crippen LogP contribution is 2.40. The predicted octanol–water partition coefficient (Wildman–Crippen LogP) is 6.90. The number of aromatic carboxylic acids is 1. The molecule has 7 nitrogen and oxygen atoms in total. The van der Waals surface area contributed by atoms with Gasteiger partial charge in [-0.2, -0.15) is 0 Å². The smallest absolute Gasteiger partial charge is 0.335 e. The second-order valence-corrected chi connectivity index (χ2v) is 9.65. The maximum absolute atomic E-state index is 13.1. The van der Waals surface area contributed by atoms with Crippen molar-refractivity contribution in [1.82, 2.24) is 4.90 Å². The third kappa shape index (κ3) is 6.10. The van der Waals surface area contributed by atoms with E-state index in [1.54, 1.807) is 36.4 Å². The molecule has 0 aliphatic carbocycles. The Kier molecular flexibility index (Phi) is 8.43. The van der Waals surface area contributed by atoms with Crippen LogP contribution in [0.25, 0.3) is 6.08 Å². The Hall–Kier alpha value is -3.46. The highest BCUT2D eigenvalue weighted by molar-refractivity contribution is 8.18. The molecule has 190 valence electrons. The molecule has 0 bridgehead atoms. The number of amidine groups is 1. The first-order valence-electron chi connectivity index (χ1n) is 11.2. The number of carboxylic acid groups (broad SMARTS) is 1. The number of hydrogen-bond donors (Lipinski definition) is 1. The molecule has 0 unspecified atom stereocenters. The number of likely N-dealkylation sites (N-methyl/N-ethyl adjacent to an activating group) is 1. The van der Waals surface area contributed by atoms with Gasteiger partial charge in [0.2, 0.25) is 0 Å². The summed E-state index contributed by atoms with van der Waals surface area (Å²) in [5.41, 5.74) is 2.02. The number of rotatable bonds is 8. The van der Waals surface area contributed by atoms with E-state index in [2.05, 4.69) is 4.99 Å². The van der Waals surface area contributed by atoms with Crippen molar-refractivity contribution in [3.63, 3.8) is 0 Å². The minimum atomic E-state index is -1.05. The van der Waals surface area contributed by atoms with Gasteiger partial charge in [0.25, 0.3) is 5.91 Å². The number of amides is 1. The average Bonchev–Trinajstić information content (AvgIpc) is 3.17. The molecule has 0 aromatic heterocycles. The molecule has 0 saturated carbocycles. The van der Waals surface area contributed by atoms with Crippen LogP contribution in [0.2, 0.25) is 10.0 Å². The Labute approximate surface area is 228 Å². The Morgan fingerprint density at radius 3 is 2.59 bits per heavy atom. The maximum Gasteiger partial charge on any atom is 0.335 e. The summed E-state index contributed by atoms with van der Waals surface area (Å²) in [6, 6.07) is 17.0. The van der Waals surface area contributed by atoms with E-state index >= 15 is 0 Å². The van der Waals surface area contributed by atoms with Crippen LogP contribution in [-0.4, -0.2) is 40.7 Å². The number of aliphatic imine (C=N–C) groups is 1. The summed E-state index contributed by atoms with van der Waals surface area (Å²) in [5.74, 6) is -0.481. The molecule has 1 N–H and O–H groups in total. The first-order chi connectivity index (χ1) is 17.8. The molecule has 4 rings (SSSR count). The molecular weight excluding hydrogens is 535 g/mol. The minimum Gasteiger partial charge on any atom is -0.493 e. The summed E-state index contributed by atoms with van der Waals surface area (Å²) < 4.78 is 11.4. The van der Waals surface area contributed by atoms with Gasteiger partial charge in [-0.15, -0.1) is 0 Å². The lowest BCUT2D eigenvalue weighted by Crippen LogP contribution is -2.28. The maximum atomic E-state index is 13.1. The average molecular weight is 557 g/mol. The van der Waals surface area contributed by atoms with Crippen LogP contribution in [-0.2, 0) is 11.4 Å². The van der Waals surface area contributed by atoms with Crippen molar-refractivity contribution < 1.29 is 24.2 Å². The van der Waals surface area contributed by atoms with Crippen LogP contribution in [0.15, 0.2) is 70.6 Å². The monoisotopic (exact) mass is 556 g/mol. The molecule has 37 heavy (non-hydrogen) atoms. The number of carbonyl (C=O) groups is 2. The molecule has 0 spiro atoms. The second kappa shape index (κ2) is 11.7. The molecule has 1 aliphatic rings. The summed E-state index contributed by atoms with van der Waals surface area (Å²) in [6.45, 7) is 2.45. The fourth-order valence-corrected chi connectivity index (χ4v) is 5.10. The van der Waals surface area contributed by atoms with Gasteiger partial charge in [-0.25, -0.2) is 9.79 Å². The number of carboxylic acids is 1. The van der Waals surface area contributed by atoms with E-state index < -0.39 is 5.97 Å². The summed E-state index contributed by atoms with van der Waals surface area (Å²) in [7, 11) is 1.51. The first-order valence-corrected chi connectivity index (χ1v) is 12.7. The zero-order valence-electron chi connectivity index (χ0n) is 19.9. The normalized spacial score (nSPS) is 15.5. The van der Waals surface area contributed by atoms with E-state index in [0.717, 1.165) is 5.56 Å². The topological polar surface area (TPSA) is 88.4 Å². The standard InChI is InChI=1S/C27H22Cl2N2O5S/c1-3-31-25(32)23(37-27(31)30-19-9-6-8-17(14-19)26(33)34)13-16-11-21(29)24(22(12-16)35-2)36-15-18-7-4-5-10-20(18)28/h4-14H,3,15H2,1-2H3,(H,33,34)/b23-13-,30-27?. The Balaban J connectivity index is 1.60. The van der Waals surface area contributed by atoms with Gasteiger partial charge in [-0.1, -0.05) is 47.5 Å². The molecule has 1 aliphatic heterocycles. The van der Waals surface area contributed by atoms with E-state index in [1.165, 1.54) is 35.9 Å². The molecule has 1 saturated heterocycles. The van der Waals surface area contributed by atoms with E-state index in [1.807, 2.05) is 25.1 Å². The number of ether oxygens (including phenoxy) is 2. The number of halogens is 2. The number of carbonyl (C=O) groups excluding carboxylic acids is 1. The van der Waals surface area contributed by atoms with Crippen molar-refractivity contribution in [3.8, 4) is 11.5 Å². The first kappa shape index (κ1) is 26.6. The van der Waals surface area contributed by atoms with Crippen LogP contribution in [0.5, 0.6) is 11.5 Å². The molecule has 0 atom stereocenters. The Morgan fingerprint density at radius 1 is 1.11 bits per heavy atom. The molecule has 1 amide bonds. The van der Waals surface area contributed by atoms with E-state index in [-0.39, 0.29) is 18.1 Å². The van der Waals surface area contributed by atoms with Crippen LogP contribution in [0.1, 0.15) is 28.4 Å². The quantitative estimate of drug-likeness (QED) is 0.303. The summed E-state index contributed by atoms with van der Waals surface area (Å²) >= 11 is 14.0. The zero-order valence-corrected chi connectivity index (χ0v) is 22.2. The molecule has 1 fully saturated rings.